The lowest BCUT2D eigenvalue weighted by molar-refractivity contribution is 0.0796. The van der Waals surface area contributed by atoms with Crippen molar-refractivity contribution in [3.05, 3.63) is 58.4 Å². The van der Waals surface area contributed by atoms with Gasteiger partial charge in [-0.05, 0) is 49.9 Å². The molecule has 7 heteroatoms. The lowest BCUT2D eigenvalue weighted by Crippen LogP contribution is -2.29. The van der Waals surface area contributed by atoms with Crippen molar-refractivity contribution < 1.29 is 13.2 Å². The summed E-state index contributed by atoms with van der Waals surface area (Å²) in [5.41, 5.74) is 4.17. The summed E-state index contributed by atoms with van der Waals surface area (Å²) in [5.74, 6) is 0.0192. The number of carbonyl (C=O) groups excluding carboxylic acids is 1. The number of H-pyrrole nitrogens is 1. The van der Waals surface area contributed by atoms with Gasteiger partial charge in [-0.15, -0.1) is 0 Å². The van der Waals surface area contributed by atoms with Crippen molar-refractivity contribution in [3.8, 4) is 0 Å². The largest absolute Gasteiger partial charge is 0.341 e. The fraction of sp³-hybridized carbons (Fsp3) is 0.368. The minimum atomic E-state index is -3.23. The molecule has 138 valence electrons. The monoisotopic (exact) mass is 373 g/mol. The number of allylic oxidation sites excluding steroid dienone is 1. The molecule has 1 amide bonds. The van der Waals surface area contributed by atoms with Crippen LogP contribution in [-0.4, -0.2) is 48.8 Å². The topological polar surface area (TPSA) is 83.1 Å². The van der Waals surface area contributed by atoms with Crippen LogP contribution in [0.5, 0.6) is 0 Å². The van der Waals surface area contributed by atoms with Gasteiger partial charge in [0, 0.05) is 24.8 Å². The second kappa shape index (κ2) is 7.07. The zero-order valence-corrected chi connectivity index (χ0v) is 16.1. The van der Waals surface area contributed by atoms with E-state index in [-0.39, 0.29) is 11.7 Å². The van der Waals surface area contributed by atoms with E-state index >= 15 is 0 Å². The van der Waals surface area contributed by atoms with Gasteiger partial charge in [-0.1, -0.05) is 18.2 Å². The molecule has 1 aromatic heterocycles. The van der Waals surface area contributed by atoms with Gasteiger partial charge in [-0.25, -0.2) is 8.42 Å². The normalized spacial score (nSPS) is 15.7. The average Bonchev–Trinajstić information content (AvgIpc) is 3.13. The molecule has 0 aliphatic carbocycles. The molecular weight excluding hydrogens is 350 g/mol. The highest BCUT2D eigenvalue weighted by atomic mass is 32.2. The van der Waals surface area contributed by atoms with Crippen LogP contribution in [0.3, 0.4) is 0 Å². The van der Waals surface area contributed by atoms with Crippen LogP contribution in [0.4, 0.5) is 0 Å². The van der Waals surface area contributed by atoms with E-state index in [4.69, 9.17) is 0 Å². The molecule has 2 heterocycles. The van der Waals surface area contributed by atoms with Crippen molar-refractivity contribution in [3.63, 3.8) is 0 Å². The number of aromatic nitrogens is 2. The number of rotatable bonds is 5. The highest BCUT2D eigenvalue weighted by Gasteiger charge is 2.25. The molecule has 1 aliphatic heterocycles. The number of amides is 1. The Hall–Kier alpha value is -2.41. The van der Waals surface area contributed by atoms with E-state index in [0.717, 1.165) is 23.4 Å². The van der Waals surface area contributed by atoms with E-state index in [0.29, 0.717) is 29.0 Å². The highest BCUT2D eigenvalue weighted by molar-refractivity contribution is 8.00. The second-order valence-electron chi connectivity index (χ2n) is 6.65. The smallest absolute Gasteiger partial charge is 0.253 e. The quantitative estimate of drug-likeness (QED) is 0.873. The first-order valence-electron chi connectivity index (χ1n) is 8.59. The number of sulfone groups is 1. The minimum Gasteiger partial charge on any atom is -0.341 e. The number of aromatic amines is 1. The van der Waals surface area contributed by atoms with Crippen molar-refractivity contribution in [2.24, 2.45) is 0 Å². The van der Waals surface area contributed by atoms with Crippen molar-refractivity contribution in [2.75, 3.05) is 19.3 Å². The molecule has 0 unspecified atom stereocenters. The van der Waals surface area contributed by atoms with Crippen molar-refractivity contribution in [2.45, 2.75) is 26.7 Å². The second-order valence-corrected chi connectivity index (χ2v) is 8.72. The van der Waals surface area contributed by atoms with Crippen LogP contribution in [0, 0.1) is 13.8 Å². The number of nitrogens with zero attached hydrogens (tertiary/aromatic N) is 2. The third-order valence-electron chi connectivity index (χ3n) is 4.77. The van der Waals surface area contributed by atoms with Gasteiger partial charge in [0.1, 0.15) is 0 Å². The summed E-state index contributed by atoms with van der Waals surface area (Å²) in [4.78, 5) is 14.7. The SMILES string of the molecule is Cc1n[nH]c(C)c1CCN(C)C(=O)c1cccc(C2=CCCS2(=O)=O)c1. The van der Waals surface area contributed by atoms with Crippen LogP contribution in [-0.2, 0) is 16.3 Å². The third-order valence-corrected chi connectivity index (χ3v) is 6.62. The van der Waals surface area contributed by atoms with E-state index in [1.165, 1.54) is 0 Å². The molecule has 2 aromatic rings. The summed E-state index contributed by atoms with van der Waals surface area (Å²) < 4.78 is 24.2. The molecule has 6 nitrogen and oxygen atoms in total. The van der Waals surface area contributed by atoms with Crippen molar-refractivity contribution >= 4 is 20.6 Å². The Kier molecular flexibility index (Phi) is 5.00. The number of hydrogen-bond donors (Lipinski definition) is 1. The van der Waals surface area contributed by atoms with Gasteiger partial charge in [-0.3, -0.25) is 9.89 Å². The van der Waals surface area contributed by atoms with Crippen LogP contribution in [0.1, 0.15) is 39.3 Å². The van der Waals surface area contributed by atoms with Gasteiger partial charge in [0.05, 0.1) is 16.4 Å². The number of carbonyl (C=O) groups is 1. The van der Waals surface area contributed by atoms with Crippen LogP contribution in [0.2, 0.25) is 0 Å². The maximum absolute atomic E-state index is 12.7. The first-order chi connectivity index (χ1) is 12.3. The first kappa shape index (κ1) is 18.4. The van der Waals surface area contributed by atoms with Gasteiger partial charge in [-0.2, -0.15) is 5.10 Å². The zero-order chi connectivity index (χ0) is 18.9. The predicted octanol–water partition coefficient (Wildman–Crippen LogP) is 2.50. The van der Waals surface area contributed by atoms with Crippen molar-refractivity contribution in [1.82, 2.24) is 15.1 Å². The molecule has 0 atom stereocenters. The molecule has 0 saturated heterocycles. The minimum absolute atomic E-state index is 0.123. The molecule has 26 heavy (non-hydrogen) atoms. The Bertz CT molecular complexity index is 954. The van der Waals surface area contributed by atoms with Gasteiger partial charge in [0.15, 0.2) is 9.84 Å². The molecular formula is C19H23N3O3S. The van der Waals surface area contributed by atoms with E-state index in [1.54, 1.807) is 42.3 Å². The number of aryl methyl sites for hydroxylation is 2. The van der Waals surface area contributed by atoms with Crippen LogP contribution in [0.15, 0.2) is 30.3 Å². The van der Waals surface area contributed by atoms with Crippen LogP contribution in [0.25, 0.3) is 4.91 Å². The molecule has 0 bridgehead atoms. The Morgan fingerprint density at radius 2 is 2.08 bits per heavy atom. The molecule has 3 rings (SSSR count). The molecule has 1 N–H and O–H groups in total. The molecule has 1 aromatic carbocycles. The van der Waals surface area contributed by atoms with Gasteiger partial charge >= 0.3 is 0 Å². The van der Waals surface area contributed by atoms with Crippen molar-refractivity contribution in [1.29, 1.82) is 0 Å². The van der Waals surface area contributed by atoms with Crippen LogP contribution < -0.4 is 0 Å². The molecule has 0 radical (unpaired) electrons. The summed E-state index contributed by atoms with van der Waals surface area (Å²) in [5, 5.41) is 7.13. The predicted molar refractivity (Wildman–Crippen MR) is 102 cm³/mol. The summed E-state index contributed by atoms with van der Waals surface area (Å²) in [6, 6.07) is 6.86. The maximum Gasteiger partial charge on any atom is 0.253 e. The number of hydrogen-bond acceptors (Lipinski definition) is 4. The summed E-state index contributed by atoms with van der Waals surface area (Å²) in [7, 11) is -1.47. The van der Waals surface area contributed by atoms with E-state index in [2.05, 4.69) is 10.2 Å². The Morgan fingerprint density at radius 3 is 2.69 bits per heavy atom. The standard InChI is InChI=1S/C19H23N3O3S/c1-13-17(14(2)21-20-13)9-10-22(3)19(23)16-7-4-6-15(12-16)18-8-5-11-26(18,24)25/h4,6-8,12H,5,9-11H2,1-3H3,(H,20,21). The van der Waals surface area contributed by atoms with E-state index in [9.17, 15) is 13.2 Å². The fourth-order valence-electron chi connectivity index (χ4n) is 3.23. The molecule has 0 fully saturated rings. The van der Waals surface area contributed by atoms with Gasteiger partial charge in [0.2, 0.25) is 0 Å². The average molecular weight is 373 g/mol. The highest BCUT2D eigenvalue weighted by Crippen LogP contribution is 2.28. The Morgan fingerprint density at radius 1 is 1.31 bits per heavy atom. The van der Waals surface area contributed by atoms with Gasteiger partial charge < -0.3 is 4.90 Å². The van der Waals surface area contributed by atoms with Crippen LogP contribution >= 0.6 is 0 Å². The Balaban J connectivity index is 1.74. The van der Waals surface area contributed by atoms with E-state index < -0.39 is 9.84 Å². The summed E-state index contributed by atoms with van der Waals surface area (Å²) in [6.45, 7) is 4.47. The lowest BCUT2D eigenvalue weighted by atomic mass is 10.1. The van der Waals surface area contributed by atoms with E-state index in [1.807, 2.05) is 13.8 Å². The maximum atomic E-state index is 12.7. The van der Waals surface area contributed by atoms with Gasteiger partial charge in [0.25, 0.3) is 5.91 Å². The molecule has 0 saturated carbocycles. The number of benzene rings is 1. The number of nitrogens with one attached hydrogen (secondary N) is 1. The first-order valence-corrected chi connectivity index (χ1v) is 10.2. The zero-order valence-electron chi connectivity index (χ0n) is 15.2. The fourth-order valence-corrected chi connectivity index (χ4v) is 4.73. The summed E-state index contributed by atoms with van der Waals surface area (Å²) >= 11 is 0. The molecule has 1 aliphatic rings. The lowest BCUT2D eigenvalue weighted by Gasteiger charge is -2.18. The summed E-state index contributed by atoms with van der Waals surface area (Å²) in [6.07, 6.45) is 2.97. The number of likely N-dealkylation sites (N-methyl/N-ethyl adjacent to an activating group) is 1. The Labute approximate surface area is 153 Å². The third kappa shape index (κ3) is 3.58. The molecule has 0 spiro atoms.